The molecule has 1 aliphatic rings. The molecule has 132 valence electrons. The third-order valence-corrected chi connectivity index (χ3v) is 3.48. The van der Waals surface area contributed by atoms with Crippen LogP contribution < -0.4 is 15.9 Å². The average Bonchev–Trinajstić information content (AvgIpc) is 2.56. The van der Waals surface area contributed by atoms with Crippen molar-refractivity contribution in [3.8, 4) is 5.75 Å². The molecule has 24 heavy (non-hydrogen) atoms. The molecule has 1 aromatic rings. The van der Waals surface area contributed by atoms with Crippen molar-refractivity contribution in [2.24, 2.45) is 10.8 Å². The predicted molar refractivity (Wildman–Crippen MR) is 88.4 cm³/mol. The maximum atomic E-state index is 10.0. The SMILES string of the molecule is NC(=S)NN=Cc1ccccc1OC1OC(CO)C(O)C(O)C1O. The van der Waals surface area contributed by atoms with E-state index in [1.807, 2.05) is 0 Å². The standard InChI is InChI=1S/C14H19N3O6S/c15-14(24)17-16-5-7-3-1-2-4-8(7)22-13-12(21)11(20)10(19)9(6-18)23-13/h1-5,9-13,18-21H,6H2,(H3,15,17,24). The third-order valence-electron chi connectivity index (χ3n) is 3.39. The second-order valence-electron chi connectivity index (χ2n) is 5.09. The minimum atomic E-state index is -1.52. The van der Waals surface area contributed by atoms with E-state index in [-0.39, 0.29) is 5.11 Å². The number of nitrogens with one attached hydrogen (secondary N) is 1. The average molecular weight is 357 g/mol. The van der Waals surface area contributed by atoms with Gasteiger partial charge >= 0.3 is 0 Å². The monoisotopic (exact) mass is 357 g/mol. The summed E-state index contributed by atoms with van der Waals surface area (Å²) >= 11 is 4.63. The Kier molecular flexibility index (Phi) is 6.43. The Bertz CT molecular complexity index is 600. The Morgan fingerprint density at radius 3 is 2.67 bits per heavy atom. The number of para-hydroxylation sites is 1. The van der Waals surface area contributed by atoms with Crippen LogP contribution in [-0.2, 0) is 4.74 Å². The van der Waals surface area contributed by atoms with Crippen LogP contribution in [0.25, 0.3) is 0 Å². The van der Waals surface area contributed by atoms with Gasteiger partial charge in [0.2, 0.25) is 6.29 Å². The Labute approximate surface area is 143 Å². The van der Waals surface area contributed by atoms with Crippen LogP contribution >= 0.6 is 12.2 Å². The number of thiocarbonyl (C=S) groups is 1. The maximum absolute atomic E-state index is 10.0. The van der Waals surface area contributed by atoms with Crippen molar-refractivity contribution in [3.63, 3.8) is 0 Å². The number of aliphatic hydroxyl groups excluding tert-OH is 4. The topological polar surface area (TPSA) is 150 Å². The molecule has 0 aromatic heterocycles. The smallest absolute Gasteiger partial charge is 0.229 e. The fourth-order valence-electron chi connectivity index (χ4n) is 2.15. The van der Waals surface area contributed by atoms with Gasteiger partial charge in [-0.15, -0.1) is 0 Å². The molecule has 10 heteroatoms. The van der Waals surface area contributed by atoms with Crippen molar-refractivity contribution < 1.29 is 29.9 Å². The first kappa shape index (κ1) is 18.5. The van der Waals surface area contributed by atoms with Gasteiger partial charge in [0, 0.05) is 5.56 Å². The van der Waals surface area contributed by atoms with Gasteiger partial charge in [-0.1, -0.05) is 12.1 Å². The Balaban J connectivity index is 2.15. The van der Waals surface area contributed by atoms with E-state index in [0.717, 1.165) is 0 Å². The van der Waals surface area contributed by atoms with Crippen LogP contribution in [0, 0.1) is 0 Å². The van der Waals surface area contributed by atoms with Crippen molar-refractivity contribution in [1.29, 1.82) is 0 Å². The third kappa shape index (κ3) is 4.38. The molecule has 9 nitrogen and oxygen atoms in total. The summed E-state index contributed by atoms with van der Waals surface area (Å²) < 4.78 is 10.9. The van der Waals surface area contributed by atoms with Gasteiger partial charge in [0.1, 0.15) is 30.2 Å². The molecule has 0 bridgehead atoms. The molecule has 1 aliphatic heterocycles. The highest BCUT2D eigenvalue weighted by atomic mass is 32.1. The molecule has 1 heterocycles. The van der Waals surface area contributed by atoms with Crippen LogP contribution in [-0.4, -0.2) is 69.1 Å². The number of ether oxygens (including phenoxy) is 2. The lowest BCUT2D eigenvalue weighted by molar-refractivity contribution is -0.277. The number of hydrogen-bond acceptors (Lipinski definition) is 8. The van der Waals surface area contributed by atoms with Gasteiger partial charge in [0.05, 0.1) is 12.8 Å². The summed E-state index contributed by atoms with van der Waals surface area (Å²) in [5.74, 6) is 0.301. The first-order valence-electron chi connectivity index (χ1n) is 7.08. The normalized spacial score (nSPS) is 30.2. The van der Waals surface area contributed by atoms with Gasteiger partial charge in [-0.2, -0.15) is 5.10 Å². The highest BCUT2D eigenvalue weighted by Gasteiger charge is 2.44. The molecule has 2 rings (SSSR count). The van der Waals surface area contributed by atoms with Crippen LogP contribution in [0.1, 0.15) is 5.56 Å². The van der Waals surface area contributed by atoms with E-state index in [4.69, 9.17) is 15.2 Å². The van der Waals surface area contributed by atoms with Gasteiger partial charge in [0.25, 0.3) is 0 Å². The van der Waals surface area contributed by atoms with Crippen LogP contribution in [0.4, 0.5) is 0 Å². The fraction of sp³-hybridized carbons (Fsp3) is 0.429. The molecule has 1 fully saturated rings. The lowest BCUT2D eigenvalue weighted by Crippen LogP contribution is -2.60. The van der Waals surface area contributed by atoms with Crippen molar-refractivity contribution in [1.82, 2.24) is 5.43 Å². The van der Waals surface area contributed by atoms with E-state index < -0.39 is 37.3 Å². The first-order valence-corrected chi connectivity index (χ1v) is 7.49. The molecule has 1 aromatic carbocycles. The van der Waals surface area contributed by atoms with E-state index in [9.17, 15) is 20.4 Å². The lowest BCUT2D eigenvalue weighted by atomic mass is 9.99. The minimum Gasteiger partial charge on any atom is -0.461 e. The molecule has 0 aliphatic carbocycles. The largest absolute Gasteiger partial charge is 0.461 e. The zero-order valence-electron chi connectivity index (χ0n) is 12.5. The van der Waals surface area contributed by atoms with E-state index in [1.165, 1.54) is 6.21 Å². The van der Waals surface area contributed by atoms with Crippen LogP contribution in [0.2, 0.25) is 0 Å². The molecule has 0 amide bonds. The quantitative estimate of drug-likeness (QED) is 0.200. The molecule has 5 atom stereocenters. The number of nitrogens with two attached hydrogens (primary N) is 1. The maximum Gasteiger partial charge on any atom is 0.229 e. The summed E-state index contributed by atoms with van der Waals surface area (Å²) in [7, 11) is 0. The van der Waals surface area contributed by atoms with Crippen LogP contribution in [0.3, 0.4) is 0 Å². The van der Waals surface area contributed by atoms with Gasteiger partial charge in [-0.05, 0) is 24.4 Å². The molecule has 0 saturated carbocycles. The number of benzene rings is 1. The lowest BCUT2D eigenvalue weighted by Gasteiger charge is -2.39. The number of aliphatic hydroxyl groups is 4. The highest BCUT2D eigenvalue weighted by Crippen LogP contribution is 2.25. The zero-order chi connectivity index (χ0) is 17.7. The summed E-state index contributed by atoms with van der Waals surface area (Å²) in [5.41, 5.74) is 8.19. The number of hydrazone groups is 1. The summed E-state index contributed by atoms with van der Waals surface area (Å²) in [4.78, 5) is 0. The van der Waals surface area contributed by atoms with Gasteiger partial charge < -0.3 is 35.6 Å². The predicted octanol–water partition coefficient (Wildman–Crippen LogP) is -1.97. The summed E-state index contributed by atoms with van der Waals surface area (Å²) in [6.07, 6.45) is -5.39. The number of rotatable bonds is 5. The molecule has 0 spiro atoms. The van der Waals surface area contributed by atoms with Crippen molar-refractivity contribution in [2.75, 3.05) is 6.61 Å². The molecule has 1 saturated heterocycles. The second-order valence-corrected chi connectivity index (χ2v) is 5.53. The molecule has 5 unspecified atom stereocenters. The summed E-state index contributed by atoms with van der Waals surface area (Å²) in [6.45, 7) is -0.536. The number of hydrogen-bond donors (Lipinski definition) is 6. The minimum absolute atomic E-state index is 0.00131. The van der Waals surface area contributed by atoms with Crippen LogP contribution in [0.5, 0.6) is 5.75 Å². The molecular weight excluding hydrogens is 338 g/mol. The Hall–Kier alpha value is -1.82. The summed E-state index contributed by atoms with van der Waals surface area (Å²) in [5, 5.41) is 42.5. The fourth-order valence-corrected chi connectivity index (χ4v) is 2.20. The molecule has 0 radical (unpaired) electrons. The van der Waals surface area contributed by atoms with Crippen molar-refractivity contribution >= 4 is 23.5 Å². The highest BCUT2D eigenvalue weighted by molar-refractivity contribution is 7.80. The number of nitrogens with zero attached hydrogens (tertiary/aromatic N) is 1. The van der Waals surface area contributed by atoms with E-state index in [0.29, 0.717) is 11.3 Å². The van der Waals surface area contributed by atoms with E-state index in [1.54, 1.807) is 24.3 Å². The van der Waals surface area contributed by atoms with E-state index >= 15 is 0 Å². The van der Waals surface area contributed by atoms with E-state index in [2.05, 4.69) is 22.7 Å². The molecular formula is C14H19N3O6S. The van der Waals surface area contributed by atoms with Gasteiger partial charge in [-0.3, -0.25) is 5.43 Å². The van der Waals surface area contributed by atoms with Gasteiger partial charge in [0.15, 0.2) is 5.11 Å². The van der Waals surface area contributed by atoms with Crippen molar-refractivity contribution in [3.05, 3.63) is 29.8 Å². The second kappa shape index (κ2) is 8.33. The summed E-state index contributed by atoms with van der Waals surface area (Å²) in [6, 6.07) is 6.72. The Morgan fingerprint density at radius 2 is 2.00 bits per heavy atom. The zero-order valence-corrected chi connectivity index (χ0v) is 13.3. The van der Waals surface area contributed by atoms with Crippen LogP contribution in [0.15, 0.2) is 29.4 Å². The Morgan fingerprint density at radius 1 is 1.29 bits per heavy atom. The molecule has 7 N–H and O–H groups in total. The van der Waals surface area contributed by atoms with Gasteiger partial charge in [-0.25, -0.2) is 0 Å². The first-order chi connectivity index (χ1) is 11.4. The van der Waals surface area contributed by atoms with Crippen molar-refractivity contribution in [2.45, 2.75) is 30.7 Å².